The van der Waals surface area contributed by atoms with Gasteiger partial charge in [0.1, 0.15) is 0 Å². The predicted octanol–water partition coefficient (Wildman–Crippen LogP) is 1.90. The summed E-state index contributed by atoms with van der Waals surface area (Å²) in [5.41, 5.74) is 0.686. The Hall–Kier alpha value is -2.80. The number of nitrogens with one attached hydrogen (secondary N) is 1. The van der Waals surface area contributed by atoms with Crippen LogP contribution in [0.25, 0.3) is 0 Å². The number of nitrogens with zero attached hydrogens (tertiary/aromatic N) is 4. The summed E-state index contributed by atoms with van der Waals surface area (Å²) in [7, 11) is 0. The quantitative estimate of drug-likeness (QED) is 0.888. The highest BCUT2D eigenvalue weighted by Gasteiger charge is 2.25. The number of piperazine rings is 1. The molecule has 136 valence electrons. The van der Waals surface area contributed by atoms with Gasteiger partial charge < -0.3 is 10.2 Å². The van der Waals surface area contributed by atoms with Crippen LogP contribution in [0.3, 0.4) is 0 Å². The van der Waals surface area contributed by atoms with E-state index in [1.54, 1.807) is 29.2 Å². The Kier molecular flexibility index (Phi) is 5.91. The van der Waals surface area contributed by atoms with Crippen LogP contribution in [0.4, 0.5) is 5.82 Å². The fourth-order valence-electron chi connectivity index (χ4n) is 3.00. The van der Waals surface area contributed by atoms with Gasteiger partial charge >= 0.3 is 0 Å². The summed E-state index contributed by atoms with van der Waals surface area (Å²) in [6.07, 6.45) is 4.04. The minimum absolute atomic E-state index is 0.181. The second-order valence-electron chi connectivity index (χ2n) is 6.21. The molecule has 1 aliphatic heterocycles. The minimum Gasteiger partial charge on any atom is -0.335 e. The standard InChI is InChI=1S/C19H23N5O2/c1-2-10-23-11-13-24(14-12-23)19(26)16-17(21-9-8-20-16)22-18(25)15-6-4-3-5-7-15/h3-9H,2,10-14H2,1H3,(H,21,22,25). The Morgan fingerprint density at radius 1 is 1.04 bits per heavy atom. The molecule has 1 aromatic heterocycles. The summed E-state index contributed by atoms with van der Waals surface area (Å²) in [4.78, 5) is 37.7. The molecule has 0 radical (unpaired) electrons. The maximum absolute atomic E-state index is 12.9. The number of hydrogen-bond acceptors (Lipinski definition) is 5. The van der Waals surface area contributed by atoms with Gasteiger partial charge in [-0.05, 0) is 25.1 Å². The summed E-state index contributed by atoms with van der Waals surface area (Å²) in [6, 6.07) is 8.83. The molecule has 3 rings (SSSR count). The zero-order valence-electron chi connectivity index (χ0n) is 14.9. The summed E-state index contributed by atoms with van der Waals surface area (Å²) in [5, 5.41) is 2.71. The highest BCUT2D eigenvalue weighted by molar-refractivity contribution is 6.07. The number of hydrogen-bond donors (Lipinski definition) is 1. The van der Waals surface area contributed by atoms with E-state index in [2.05, 4.69) is 27.1 Å². The molecule has 2 amide bonds. The van der Waals surface area contributed by atoms with Gasteiger partial charge in [-0.25, -0.2) is 9.97 Å². The molecule has 0 aliphatic carbocycles. The second-order valence-corrected chi connectivity index (χ2v) is 6.21. The molecule has 0 bridgehead atoms. The average Bonchev–Trinajstić information content (AvgIpc) is 2.69. The highest BCUT2D eigenvalue weighted by atomic mass is 16.2. The van der Waals surface area contributed by atoms with Crippen molar-refractivity contribution >= 4 is 17.6 Å². The first-order chi connectivity index (χ1) is 12.7. The Bertz CT molecular complexity index is 758. The van der Waals surface area contributed by atoms with Crippen LogP contribution in [0.5, 0.6) is 0 Å². The average molecular weight is 353 g/mol. The predicted molar refractivity (Wildman–Crippen MR) is 99.1 cm³/mol. The summed E-state index contributed by atoms with van der Waals surface area (Å²) < 4.78 is 0. The van der Waals surface area contributed by atoms with Crippen molar-refractivity contribution in [2.24, 2.45) is 0 Å². The van der Waals surface area contributed by atoms with Gasteiger partial charge in [0.05, 0.1) is 0 Å². The van der Waals surface area contributed by atoms with Crippen LogP contribution in [-0.2, 0) is 0 Å². The minimum atomic E-state index is -0.312. The Balaban J connectivity index is 1.71. The molecule has 1 N–H and O–H groups in total. The van der Waals surface area contributed by atoms with Crippen LogP contribution in [0.15, 0.2) is 42.7 Å². The zero-order valence-corrected chi connectivity index (χ0v) is 14.9. The number of carbonyl (C=O) groups is 2. The van der Waals surface area contributed by atoms with Crippen LogP contribution in [0, 0.1) is 0 Å². The molecular weight excluding hydrogens is 330 g/mol. The van der Waals surface area contributed by atoms with Crippen molar-refractivity contribution in [3.05, 3.63) is 54.0 Å². The topological polar surface area (TPSA) is 78.4 Å². The van der Waals surface area contributed by atoms with Crippen molar-refractivity contribution < 1.29 is 9.59 Å². The zero-order chi connectivity index (χ0) is 18.4. The fourth-order valence-corrected chi connectivity index (χ4v) is 3.00. The van der Waals surface area contributed by atoms with Crippen molar-refractivity contribution in [1.29, 1.82) is 0 Å². The van der Waals surface area contributed by atoms with Crippen LogP contribution in [0.1, 0.15) is 34.2 Å². The second kappa shape index (κ2) is 8.53. The molecule has 0 spiro atoms. The van der Waals surface area contributed by atoms with Gasteiger partial charge in [-0.2, -0.15) is 0 Å². The van der Waals surface area contributed by atoms with Gasteiger partial charge in [0.25, 0.3) is 11.8 Å². The highest BCUT2D eigenvalue weighted by Crippen LogP contribution is 2.15. The first-order valence-corrected chi connectivity index (χ1v) is 8.88. The lowest BCUT2D eigenvalue weighted by atomic mass is 10.2. The molecule has 1 fully saturated rings. The third-order valence-electron chi connectivity index (χ3n) is 4.37. The van der Waals surface area contributed by atoms with Gasteiger partial charge in [0.2, 0.25) is 0 Å². The van der Waals surface area contributed by atoms with Gasteiger partial charge in [-0.1, -0.05) is 25.1 Å². The van der Waals surface area contributed by atoms with E-state index in [9.17, 15) is 9.59 Å². The molecule has 0 unspecified atom stereocenters. The van der Waals surface area contributed by atoms with Crippen LogP contribution in [-0.4, -0.2) is 64.3 Å². The van der Waals surface area contributed by atoms with Crippen molar-refractivity contribution in [2.75, 3.05) is 38.0 Å². The fraction of sp³-hybridized carbons (Fsp3) is 0.368. The van der Waals surface area contributed by atoms with Crippen LogP contribution in [0.2, 0.25) is 0 Å². The number of benzene rings is 1. The van der Waals surface area contributed by atoms with E-state index in [0.717, 1.165) is 26.1 Å². The van der Waals surface area contributed by atoms with Crippen molar-refractivity contribution in [3.8, 4) is 0 Å². The molecule has 2 aromatic rings. The molecule has 1 saturated heterocycles. The van der Waals surface area contributed by atoms with Gasteiger partial charge in [-0.15, -0.1) is 0 Å². The third-order valence-corrected chi connectivity index (χ3v) is 4.37. The third kappa shape index (κ3) is 4.23. The lowest BCUT2D eigenvalue weighted by Crippen LogP contribution is -2.49. The van der Waals surface area contributed by atoms with E-state index >= 15 is 0 Å². The Morgan fingerprint density at radius 2 is 1.73 bits per heavy atom. The van der Waals surface area contributed by atoms with Gasteiger partial charge in [0.15, 0.2) is 11.5 Å². The van der Waals surface area contributed by atoms with Gasteiger partial charge in [0, 0.05) is 44.1 Å². The van der Waals surface area contributed by atoms with E-state index in [1.165, 1.54) is 12.4 Å². The molecule has 1 aliphatic rings. The summed E-state index contributed by atoms with van der Waals surface area (Å²) in [5.74, 6) is -0.312. The molecule has 26 heavy (non-hydrogen) atoms. The maximum atomic E-state index is 12.9. The molecule has 1 aromatic carbocycles. The number of rotatable bonds is 5. The normalized spacial score (nSPS) is 14.9. The molecule has 0 atom stereocenters. The first kappa shape index (κ1) is 18.0. The van der Waals surface area contributed by atoms with E-state index in [4.69, 9.17) is 0 Å². The number of aromatic nitrogens is 2. The number of anilines is 1. The number of amides is 2. The van der Waals surface area contributed by atoms with Crippen LogP contribution < -0.4 is 5.32 Å². The largest absolute Gasteiger partial charge is 0.335 e. The molecular formula is C19H23N5O2. The summed E-state index contributed by atoms with van der Waals surface area (Å²) >= 11 is 0. The van der Waals surface area contributed by atoms with Gasteiger partial charge in [-0.3, -0.25) is 14.5 Å². The van der Waals surface area contributed by atoms with E-state index in [0.29, 0.717) is 18.7 Å². The molecule has 0 saturated carbocycles. The lowest BCUT2D eigenvalue weighted by molar-refractivity contribution is 0.0632. The van der Waals surface area contributed by atoms with E-state index < -0.39 is 0 Å². The number of carbonyl (C=O) groups excluding carboxylic acids is 2. The lowest BCUT2D eigenvalue weighted by Gasteiger charge is -2.34. The maximum Gasteiger partial charge on any atom is 0.276 e. The molecule has 7 heteroatoms. The molecule has 2 heterocycles. The van der Waals surface area contributed by atoms with Crippen LogP contribution >= 0.6 is 0 Å². The summed E-state index contributed by atoms with van der Waals surface area (Å²) in [6.45, 7) is 6.21. The Morgan fingerprint density at radius 3 is 2.42 bits per heavy atom. The van der Waals surface area contributed by atoms with E-state index in [-0.39, 0.29) is 23.3 Å². The Labute approximate surface area is 153 Å². The first-order valence-electron chi connectivity index (χ1n) is 8.88. The van der Waals surface area contributed by atoms with Crippen molar-refractivity contribution in [2.45, 2.75) is 13.3 Å². The SMILES string of the molecule is CCCN1CCN(C(=O)c2nccnc2NC(=O)c2ccccc2)CC1. The molecule has 7 nitrogen and oxygen atoms in total. The van der Waals surface area contributed by atoms with E-state index in [1.807, 2.05) is 6.07 Å². The van der Waals surface area contributed by atoms with Crippen molar-refractivity contribution in [3.63, 3.8) is 0 Å². The smallest absolute Gasteiger partial charge is 0.276 e. The monoisotopic (exact) mass is 353 g/mol. The van der Waals surface area contributed by atoms with Crippen molar-refractivity contribution in [1.82, 2.24) is 19.8 Å².